The summed E-state index contributed by atoms with van der Waals surface area (Å²) < 4.78 is 23.1. The van der Waals surface area contributed by atoms with Gasteiger partial charge < -0.3 is 10.4 Å². The van der Waals surface area contributed by atoms with Gasteiger partial charge in [-0.1, -0.05) is 41.9 Å². The molecule has 2 N–H and O–H groups in total. The Labute approximate surface area is 154 Å². The van der Waals surface area contributed by atoms with Crippen molar-refractivity contribution in [2.75, 3.05) is 11.6 Å². The van der Waals surface area contributed by atoms with Crippen molar-refractivity contribution in [2.24, 2.45) is 0 Å². The Morgan fingerprint density at radius 2 is 1.88 bits per heavy atom. The quantitative estimate of drug-likeness (QED) is 0.434. The summed E-state index contributed by atoms with van der Waals surface area (Å²) in [6.45, 7) is 0. The number of anilines is 1. The van der Waals surface area contributed by atoms with Gasteiger partial charge in [0.05, 0.1) is 21.3 Å². The fourth-order valence-corrected chi connectivity index (χ4v) is 3.55. The number of carbonyl (C=O) groups excluding carboxylic acids is 1. The summed E-state index contributed by atoms with van der Waals surface area (Å²) in [5.41, 5.74) is -2.49. The van der Waals surface area contributed by atoms with E-state index in [0.717, 1.165) is 18.4 Å². The number of hydrogen-bond acceptors (Lipinski definition) is 6. The molecule has 1 unspecified atom stereocenters. The third-order valence-electron chi connectivity index (χ3n) is 3.55. The van der Waals surface area contributed by atoms with Gasteiger partial charge in [-0.25, -0.2) is 8.42 Å². The van der Waals surface area contributed by atoms with Gasteiger partial charge in [-0.3, -0.25) is 14.9 Å². The Morgan fingerprint density at radius 3 is 2.38 bits per heavy atom. The number of benzene rings is 2. The van der Waals surface area contributed by atoms with Crippen molar-refractivity contribution in [3.05, 3.63) is 69.2 Å². The third kappa shape index (κ3) is 4.37. The summed E-state index contributed by atoms with van der Waals surface area (Å²) in [6.07, 6.45) is 0.430. The van der Waals surface area contributed by atoms with Crippen molar-refractivity contribution in [1.29, 1.82) is 0 Å². The van der Waals surface area contributed by atoms with E-state index in [0.29, 0.717) is 5.56 Å². The van der Waals surface area contributed by atoms with E-state index in [9.17, 15) is 28.4 Å². The molecule has 138 valence electrons. The van der Waals surface area contributed by atoms with E-state index < -0.39 is 32.8 Å². The number of rotatable bonds is 6. The van der Waals surface area contributed by atoms with Crippen molar-refractivity contribution in [3.8, 4) is 0 Å². The number of amides is 1. The first-order chi connectivity index (χ1) is 12.0. The second kappa shape index (κ2) is 7.40. The summed E-state index contributed by atoms with van der Waals surface area (Å²) in [7, 11) is -3.56. The molecule has 0 saturated heterocycles. The molecule has 2 aromatic carbocycles. The van der Waals surface area contributed by atoms with Crippen molar-refractivity contribution in [3.63, 3.8) is 0 Å². The minimum Gasteiger partial charge on any atom is -0.323 e. The van der Waals surface area contributed by atoms with Gasteiger partial charge in [0, 0.05) is 11.9 Å². The molecule has 1 atom stereocenters. The molecule has 1 amide bonds. The topological polar surface area (TPSA) is 127 Å². The van der Waals surface area contributed by atoms with Crippen LogP contribution in [0.25, 0.3) is 0 Å². The first-order valence-corrected chi connectivity index (χ1v) is 9.53. The van der Waals surface area contributed by atoms with Crippen LogP contribution in [0.5, 0.6) is 0 Å². The zero-order valence-electron chi connectivity index (χ0n) is 13.5. The molecular formula is C16H15ClN2O6S. The highest BCUT2D eigenvalue weighted by Crippen LogP contribution is 2.26. The first-order valence-electron chi connectivity index (χ1n) is 7.26. The smallest absolute Gasteiger partial charge is 0.323 e. The summed E-state index contributed by atoms with van der Waals surface area (Å²) >= 11 is 5.88. The molecule has 0 aliphatic rings. The molecule has 26 heavy (non-hydrogen) atoms. The van der Waals surface area contributed by atoms with Gasteiger partial charge in [0.25, 0.3) is 0 Å². The maximum atomic E-state index is 12.3. The Hall–Kier alpha value is -2.49. The normalized spacial score (nSPS) is 13.7. The van der Waals surface area contributed by atoms with Gasteiger partial charge in [0.2, 0.25) is 0 Å². The molecule has 0 fully saturated rings. The second-order valence-electron chi connectivity index (χ2n) is 5.61. The fourth-order valence-electron chi connectivity index (χ4n) is 2.22. The van der Waals surface area contributed by atoms with Crippen LogP contribution in [0.4, 0.5) is 5.69 Å². The predicted octanol–water partition coefficient (Wildman–Crippen LogP) is 1.89. The largest absolute Gasteiger partial charge is 0.405 e. The number of sulfone groups is 1. The lowest BCUT2D eigenvalue weighted by Crippen LogP contribution is -2.51. The van der Waals surface area contributed by atoms with Gasteiger partial charge in [-0.05, 0) is 23.8 Å². The molecule has 0 spiro atoms. The van der Waals surface area contributed by atoms with Crippen LogP contribution < -0.4 is 5.32 Å². The van der Waals surface area contributed by atoms with Crippen LogP contribution in [0, 0.1) is 10.1 Å². The second-order valence-corrected chi connectivity index (χ2v) is 8.00. The van der Waals surface area contributed by atoms with Gasteiger partial charge in [0.1, 0.15) is 0 Å². The minimum atomic E-state index is -3.56. The lowest BCUT2D eigenvalue weighted by Gasteiger charge is -2.19. The first kappa shape index (κ1) is 19.8. The van der Waals surface area contributed by atoms with Crippen LogP contribution in [-0.4, -0.2) is 36.3 Å². The van der Waals surface area contributed by atoms with E-state index in [1.807, 2.05) is 0 Å². The highest BCUT2D eigenvalue weighted by atomic mass is 35.5. The Kier molecular flexibility index (Phi) is 5.65. The Morgan fingerprint density at radius 1 is 1.27 bits per heavy atom. The number of halogens is 1. The summed E-state index contributed by atoms with van der Waals surface area (Å²) in [6, 6.07) is 11.5. The van der Waals surface area contributed by atoms with E-state index in [-0.39, 0.29) is 15.6 Å². The standard InChI is InChI=1S/C16H15ClN2O6S/c1-26(24,25)14-8-7-12(9-13(14)17)18-15(20)16(21,19(22)23)10-11-5-3-2-4-6-11/h2-9,21H,10H2,1H3,(H,18,20). The Balaban J connectivity index is 2.28. The van der Waals surface area contributed by atoms with Crippen molar-refractivity contribution < 1.29 is 23.2 Å². The molecule has 0 heterocycles. The van der Waals surface area contributed by atoms with Crippen LogP contribution in [0.2, 0.25) is 5.02 Å². The van der Waals surface area contributed by atoms with Gasteiger partial charge in [0.15, 0.2) is 9.84 Å². The molecule has 0 radical (unpaired) electrons. The summed E-state index contributed by atoms with van der Waals surface area (Å²) in [5.74, 6) is -1.27. The van der Waals surface area contributed by atoms with E-state index >= 15 is 0 Å². The number of hydrogen-bond donors (Lipinski definition) is 2. The maximum Gasteiger partial charge on any atom is 0.405 e. The molecule has 2 rings (SSSR count). The predicted molar refractivity (Wildman–Crippen MR) is 95.3 cm³/mol. The maximum absolute atomic E-state index is 12.3. The van der Waals surface area contributed by atoms with Gasteiger partial charge in [-0.2, -0.15) is 0 Å². The summed E-state index contributed by atoms with van der Waals surface area (Å²) in [4.78, 5) is 22.4. The van der Waals surface area contributed by atoms with Crippen molar-refractivity contribution in [1.82, 2.24) is 0 Å². The number of aliphatic hydroxyl groups is 1. The highest BCUT2D eigenvalue weighted by Gasteiger charge is 2.49. The fraction of sp³-hybridized carbons (Fsp3) is 0.188. The summed E-state index contributed by atoms with van der Waals surface area (Å²) in [5, 5.41) is 23.6. The average Bonchev–Trinajstić information content (AvgIpc) is 2.54. The van der Waals surface area contributed by atoms with Crippen molar-refractivity contribution in [2.45, 2.75) is 17.0 Å². The zero-order chi connectivity index (χ0) is 19.5. The van der Waals surface area contributed by atoms with Crippen LogP contribution in [0.3, 0.4) is 0 Å². The van der Waals surface area contributed by atoms with Crippen LogP contribution >= 0.6 is 11.6 Å². The van der Waals surface area contributed by atoms with E-state index in [1.54, 1.807) is 30.3 Å². The number of nitrogens with one attached hydrogen (secondary N) is 1. The number of nitrogens with zero attached hydrogens (tertiary/aromatic N) is 1. The molecule has 8 nitrogen and oxygen atoms in total. The molecule has 10 heteroatoms. The minimum absolute atomic E-state index is 0.0146. The molecule has 0 aliphatic carbocycles. The van der Waals surface area contributed by atoms with E-state index in [1.165, 1.54) is 6.07 Å². The number of nitro groups is 1. The molecule has 0 saturated carbocycles. The number of carbonyl (C=O) groups is 1. The van der Waals surface area contributed by atoms with Gasteiger partial charge in [-0.15, -0.1) is 0 Å². The Bertz CT molecular complexity index is 948. The monoisotopic (exact) mass is 398 g/mol. The molecular weight excluding hydrogens is 384 g/mol. The average molecular weight is 399 g/mol. The highest BCUT2D eigenvalue weighted by molar-refractivity contribution is 7.90. The molecule has 0 aliphatic heterocycles. The van der Waals surface area contributed by atoms with Crippen molar-refractivity contribution >= 4 is 33.0 Å². The van der Waals surface area contributed by atoms with Gasteiger partial charge >= 0.3 is 11.6 Å². The zero-order valence-corrected chi connectivity index (χ0v) is 15.1. The third-order valence-corrected chi connectivity index (χ3v) is 5.13. The SMILES string of the molecule is CS(=O)(=O)c1ccc(NC(=O)C(O)(Cc2ccccc2)[N+](=O)[O-])cc1Cl. The van der Waals surface area contributed by atoms with E-state index in [4.69, 9.17) is 11.6 Å². The lowest BCUT2D eigenvalue weighted by atomic mass is 10.0. The van der Waals surface area contributed by atoms with Crippen LogP contribution in [0.15, 0.2) is 53.4 Å². The molecule has 0 aromatic heterocycles. The van der Waals surface area contributed by atoms with E-state index in [2.05, 4.69) is 5.32 Å². The molecule has 2 aromatic rings. The van der Waals surface area contributed by atoms with Crippen LogP contribution in [-0.2, 0) is 21.1 Å². The molecule has 0 bridgehead atoms. The van der Waals surface area contributed by atoms with Crippen LogP contribution in [0.1, 0.15) is 5.56 Å². The lowest BCUT2D eigenvalue weighted by molar-refractivity contribution is -0.603.